The van der Waals surface area contributed by atoms with E-state index in [9.17, 15) is 50.3 Å². The van der Waals surface area contributed by atoms with Gasteiger partial charge in [0.05, 0.1) is 69.6 Å². The number of allylic oxidation sites excluding steroid dienone is 1. The second kappa shape index (κ2) is 55.7. The number of benzene rings is 6. The van der Waals surface area contributed by atoms with Gasteiger partial charge in [0.15, 0.2) is 0 Å². The van der Waals surface area contributed by atoms with Gasteiger partial charge in [-0.25, -0.2) is 19.2 Å². The average molecular weight is 1370 g/mol. The number of carbonyl (C=O) groups excluding carboxylic acids is 5. The molecule has 0 N–H and O–H groups in total. The van der Waals surface area contributed by atoms with Gasteiger partial charge in [-0.05, 0) is 140 Å². The van der Waals surface area contributed by atoms with Crippen molar-refractivity contribution in [1.82, 2.24) is 0 Å². The highest BCUT2D eigenvalue weighted by Gasteiger charge is 2.80. The fraction of sp³-hybridized carbons (Fsp3) is 0.403. The van der Waals surface area contributed by atoms with Crippen molar-refractivity contribution in [2.45, 2.75) is 101 Å². The molecular formula is C72H100F6O16S. The third-order valence-electron chi connectivity index (χ3n) is 11.0. The second-order valence-electron chi connectivity index (χ2n) is 18.9. The number of cyclic esters (lactones) is 4. The summed E-state index contributed by atoms with van der Waals surface area (Å²) >= 11 is 1.75. The van der Waals surface area contributed by atoms with E-state index in [0.717, 1.165) is 46.0 Å². The fourth-order valence-corrected chi connectivity index (χ4v) is 6.18. The molecule has 2 aliphatic heterocycles. The van der Waals surface area contributed by atoms with E-state index in [-0.39, 0.29) is 11.2 Å². The van der Waals surface area contributed by atoms with Crippen LogP contribution in [0.4, 0.5) is 26.3 Å². The summed E-state index contributed by atoms with van der Waals surface area (Å²) in [5.41, 5.74) is 0.768. The average Bonchev–Trinajstić information content (AvgIpc) is 0.704. The van der Waals surface area contributed by atoms with E-state index in [1.807, 2.05) is 148 Å². The Bertz CT molecular complexity index is 2780. The Morgan fingerprint density at radius 1 is 0.432 bits per heavy atom. The molecule has 2 heterocycles. The summed E-state index contributed by atoms with van der Waals surface area (Å²) in [6.07, 6.45) is -0.985. The van der Waals surface area contributed by atoms with Gasteiger partial charge in [0.2, 0.25) is 0 Å². The first-order valence-corrected chi connectivity index (χ1v) is 30.8. The predicted molar refractivity (Wildman–Crippen MR) is 367 cm³/mol. The summed E-state index contributed by atoms with van der Waals surface area (Å²) in [7, 11) is 17.0. The largest absolute Gasteiger partial charge is 0.497 e. The minimum absolute atomic E-state index is 0.0431. The highest BCUT2D eigenvalue weighted by atomic mass is 32.2. The molecule has 6 aromatic carbocycles. The number of Topliss-reactive ketones (excluding diaryl/α,β-unsaturated/α-hetero) is 1. The van der Waals surface area contributed by atoms with Crippen LogP contribution in [-0.4, -0.2) is 127 Å². The Hall–Kier alpha value is -8.70. The second-order valence-corrected chi connectivity index (χ2v) is 19.7. The van der Waals surface area contributed by atoms with Crippen molar-refractivity contribution in [2.75, 3.05) is 90.8 Å². The number of alkyl halides is 4. The molecule has 0 unspecified atom stereocenters. The molecule has 0 saturated carbocycles. The molecule has 0 aromatic heterocycles. The molecule has 0 aliphatic carbocycles. The summed E-state index contributed by atoms with van der Waals surface area (Å²) in [6, 6.07) is 47.4. The van der Waals surface area contributed by atoms with E-state index >= 15 is 0 Å². The minimum atomic E-state index is -4.89. The number of ketones is 1. The molecule has 0 amide bonds. The number of carbonyl (C=O) groups is 5. The summed E-state index contributed by atoms with van der Waals surface area (Å²) in [6.45, 7) is 20.3. The Balaban J connectivity index is -0.000000327. The minimum Gasteiger partial charge on any atom is -0.497 e. The zero-order chi connectivity index (χ0) is 74.3. The SMILES string of the molecule is CC.CC(=C(F)F)C(F)(F)F.CC(C)=O.CCC.CCC.CF.COC.COc1ccc(-c2ccc(OC)cc2)cc1.COc1ccc(C(C)(C)c2ccc(OC)cc2)cc1.COc1ccc(OC)cc1.COc1cccc(OC)c1.CSC.O=C1OC(=O)C12C(=O)OC2=O. The van der Waals surface area contributed by atoms with E-state index in [1.165, 1.54) is 48.9 Å². The summed E-state index contributed by atoms with van der Waals surface area (Å²) in [5.74, 6) is 2.47. The van der Waals surface area contributed by atoms with Crippen molar-refractivity contribution < 1.29 is 102 Å². The van der Waals surface area contributed by atoms with Crippen LogP contribution in [-0.2, 0) is 43.6 Å². The molecule has 2 saturated heterocycles. The van der Waals surface area contributed by atoms with Crippen LogP contribution in [0.15, 0.2) is 157 Å². The van der Waals surface area contributed by atoms with Crippen molar-refractivity contribution >= 4 is 41.4 Å². The zero-order valence-electron chi connectivity index (χ0n) is 59.5. The van der Waals surface area contributed by atoms with E-state index in [1.54, 1.807) is 82.9 Å². The van der Waals surface area contributed by atoms with E-state index < -0.39 is 47.1 Å². The molecule has 23 heteroatoms. The predicted octanol–water partition coefficient (Wildman–Crippen LogP) is 17.9. The van der Waals surface area contributed by atoms with Crippen LogP contribution in [0.25, 0.3) is 11.1 Å². The summed E-state index contributed by atoms with van der Waals surface area (Å²) in [5, 5.41) is 0. The van der Waals surface area contributed by atoms with Gasteiger partial charge in [0.1, 0.15) is 51.8 Å². The highest BCUT2D eigenvalue weighted by Crippen LogP contribution is 2.41. The maximum absolute atomic E-state index is 11.2. The topological polar surface area (TPSA) is 187 Å². The highest BCUT2D eigenvalue weighted by molar-refractivity contribution is 7.97. The van der Waals surface area contributed by atoms with Crippen molar-refractivity contribution in [3.8, 4) is 57.1 Å². The first kappa shape index (κ1) is 95.0. The molecule has 2 fully saturated rings. The van der Waals surface area contributed by atoms with Crippen molar-refractivity contribution in [1.29, 1.82) is 0 Å². The molecule has 0 atom stereocenters. The van der Waals surface area contributed by atoms with Crippen molar-refractivity contribution in [2.24, 2.45) is 5.41 Å². The van der Waals surface area contributed by atoms with Crippen molar-refractivity contribution in [3.63, 3.8) is 0 Å². The number of esters is 4. The van der Waals surface area contributed by atoms with Crippen LogP contribution in [0.5, 0.6) is 46.0 Å². The van der Waals surface area contributed by atoms with Gasteiger partial charge in [-0.15, -0.1) is 0 Å². The number of hydrogen-bond donors (Lipinski definition) is 0. The van der Waals surface area contributed by atoms with Crippen LogP contribution in [0.3, 0.4) is 0 Å². The van der Waals surface area contributed by atoms with Gasteiger partial charge in [-0.2, -0.15) is 33.7 Å². The van der Waals surface area contributed by atoms with Gasteiger partial charge in [-0.3, -0.25) is 4.39 Å². The molecule has 95 heavy (non-hydrogen) atoms. The van der Waals surface area contributed by atoms with Crippen LogP contribution in [0.1, 0.15) is 100 Å². The molecule has 16 nitrogen and oxygen atoms in total. The molecule has 532 valence electrons. The number of methoxy groups -OCH3 is 9. The first-order chi connectivity index (χ1) is 45.0. The first-order valence-electron chi connectivity index (χ1n) is 29.2. The zero-order valence-corrected chi connectivity index (χ0v) is 60.3. The quantitative estimate of drug-likeness (QED) is 0.0676. The monoisotopic (exact) mass is 1370 g/mol. The Labute approximate surface area is 563 Å². The number of halogens is 6. The standard InChI is InChI=1S/C17H20O2.C14H14O2.2C8H10O2.C5O6.C4H3F5.C3H6O.2C3H8.C2H6O.C2H6S.C2H6.CH3F/c1-17(2,13-5-9-15(18-3)10-6-13)14-7-11-16(19-4)12-8-14;1-15-13-7-3-11(4-8-13)12-5-9-14(16-2)10-6-12;1-9-7-3-5-8(10-2)6-4-7;1-9-7-4-3-5-8(6-7)10-2;6-1-5(2(7)10-1)3(8)11-4(5)9;1-2(3(5)6)4(7,8)9;1-3(2)4;4*1-3-2;2*1-2/h5-12H,1-4H3;3-10H,1-2H3;2*3-6H,1-2H3;;1H3;1-2H3;2*3H2,1-2H3;2*1-2H3;1-2H3;1H3. The van der Waals surface area contributed by atoms with Gasteiger partial charge in [0.25, 0.3) is 6.08 Å². The third kappa shape index (κ3) is 37.7. The molecular weight excluding hydrogens is 1270 g/mol. The Morgan fingerprint density at radius 3 is 0.768 bits per heavy atom. The van der Waals surface area contributed by atoms with Gasteiger partial charge < -0.3 is 56.9 Å². The smallest absolute Gasteiger partial charge is 0.417 e. The molecule has 2 aliphatic rings. The number of rotatable bonds is 11. The van der Waals surface area contributed by atoms with Crippen molar-refractivity contribution in [3.05, 3.63) is 168 Å². The lowest BCUT2D eigenvalue weighted by molar-refractivity contribution is -0.223. The van der Waals surface area contributed by atoms with E-state index in [0.29, 0.717) is 14.1 Å². The third-order valence-corrected chi connectivity index (χ3v) is 11.0. The van der Waals surface area contributed by atoms with Gasteiger partial charge in [0, 0.05) is 25.7 Å². The summed E-state index contributed by atoms with van der Waals surface area (Å²) in [4.78, 5) is 51.4. The maximum Gasteiger partial charge on any atom is 0.417 e. The molecule has 1 spiro atoms. The van der Waals surface area contributed by atoms with Crippen LogP contribution >= 0.6 is 11.8 Å². The summed E-state index contributed by atoms with van der Waals surface area (Å²) < 4.78 is 118. The number of hydrogen-bond acceptors (Lipinski definition) is 17. The molecule has 6 aromatic rings. The normalized spacial score (nSPS) is 11.0. The van der Waals surface area contributed by atoms with Crippen LogP contribution < -0.4 is 37.9 Å². The lowest BCUT2D eigenvalue weighted by Crippen LogP contribution is -2.71. The fourth-order valence-electron chi connectivity index (χ4n) is 6.18. The van der Waals surface area contributed by atoms with E-state index in [4.69, 9.17) is 37.9 Å². The number of ether oxygens (including phenoxy) is 11. The van der Waals surface area contributed by atoms with Gasteiger partial charge >= 0.3 is 35.5 Å². The lowest BCUT2D eigenvalue weighted by atomic mass is 9.78. The molecule has 0 radical (unpaired) electrons. The lowest BCUT2D eigenvalue weighted by Gasteiger charge is -2.36. The van der Waals surface area contributed by atoms with Gasteiger partial charge in [-0.1, -0.05) is 123 Å². The van der Waals surface area contributed by atoms with E-state index in [2.05, 4.69) is 80.0 Å². The number of thioether (sulfide) groups is 1. The molecule has 8 rings (SSSR count). The van der Waals surface area contributed by atoms with Crippen LogP contribution in [0.2, 0.25) is 0 Å². The van der Waals surface area contributed by atoms with Crippen LogP contribution in [0, 0.1) is 5.41 Å². The molecule has 0 bridgehead atoms. The Kier molecular flexibility index (Phi) is 55.7. The maximum atomic E-state index is 11.2. The Morgan fingerprint density at radius 2 is 0.621 bits per heavy atom.